The molecule has 16 heavy (non-hydrogen) atoms. The molecule has 3 atom stereocenters. The van der Waals surface area contributed by atoms with Crippen LogP contribution in [0.4, 0.5) is 0 Å². The van der Waals surface area contributed by atoms with E-state index in [1.54, 1.807) is 6.92 Å². The number of carbonyl (C=O) groups is 1. The highest BCUT2D eigenvalue weighted by Gasteiger charge is 2.44. The topological polar surface area (TPSA) is 77.8 Å². The van der Waals surface area contributed by atoms with Crippen molar-refractivity contribution in [2.24, 2.45) is 11.8 Å². The van der Waals surface area contributed by atoms with Gasteiger partial charge in [-0.1, -0.05) is 12.2 Å². The minimum Gasteiger partial charge on any atom is -0.481 e. The second kappa shape index (κ2) is 4.97. The van der Waals surface area contributed by atoms with E-state index in [9.17, 15) is 15.0 Å². The minimum atomic E-state index is -0.856. The number of carboxylic acids is 1. The fraction of sp³-hybridized carbons (Fsp3) is 0.750. The summed E-state index contributed by atoms with van der Waals surface area (Å²) >= 11 is 0. The van der Waals surface area contributed by atoms with E-state index in [0.717, 1.165) is 12.0 Å². The van der Waals surface area contributed by atoms with Gasteiger partial charge in [-0.2, -0.15) is 0 Å². The van der Waals surface area contributed by atoms with Gasteiger partial charge in [0.2, 0.25) is 0 Å². The van der Waals surface area contributed by atoms with Gasteiger partial charge < -0.3 is 15.3 Å². The predicted octanol–water partition coefficient (Wildman–Crippen LogP) is 1.18. The molecule has 1 aliphatic rings. The normalized spacial score (nSPS) is 33.9. The van der Waals surface area contributed by atoms with Gasteiger partial charge in [-0.25, -0.2) is 0 Å². The van der Waals surface area contributed by atoms with Gasteiger partial charge in [-0.15, -0.1) is 0 Å². The van der Waals surface area contributed by atoms with Gasteiger partial charge in [-0.3, -0.25) is 4.79 Å². The van der Waals surface area contributed by atoms with Crippen molar-refractivity contribution in [3.8, 4) is 0 Å². The van der Waals surface area contributed by atoms with Crippen LogP contribution >= 0.6 is 0 Å². The van der Waals surface area contributed by atoms with Gasteiger partial charge in [0.15, 0.2) is 0 Å². The van der Waals surface area contributed by atoms with Crippen molar-refractivity contribution in [1.29, 1.82) is 0 Å². The molecule has 4 heteroatoms. The number of hydrogen-bond acceptors (Lipinski definition) is 3. The zero-order chi connectivity index (χ0) is 12.3. The Labute approximate surface area is 95.6 Å². The molecule has 0 unspecified atom stereocenters. The number of allylic oxidation sites excluding steroid dienone is 1. The lowest BCUT2D eigenvalue weighted by molar-refractivity contribution is -0.137. The summed E-state index contributed by atoms with van der Waals surface area (Å²) < 4.78 is 0. The first kappa shape index (κ1) is 13.2. The Balaban J connectivity index is 2.60. The number of aliphatic hydroxyl groups excluding tert-OH is 1. The number of hydrogen-bond donors (Lipinski definition) is 3. The zero-order valence-electron chi connectivity index (χ0n) is 9.65. The fourth-order valence-corrected chi connectivity index (χ4v) is 2.53. The molecular formula is C12H20O4. The van der Waals surface area contributed by atoms with Gasteiger partial charge in [0.25, 0.3) is 0 Å². The highest BCUT2D eigenvalue weighted by Crippen LogP contribution is 2.43. The van der Waals surface area contributed by atoms with E-state index in [-0.39, 0.29) is 24.9 Å². The SMILES string of the molecule is C=C(CCC(=O)O)[C@@H]1CC[C@@](C)(O)[C@H]1CO. The Morgan fingerprint density at radius 2 is 2.12 bits per heavy atom. The molecule has 0 aromatic rings. The zero-order valence-corrected chi connectivity index (χ0v) is 9.65. The van der Waals surface area contributed by atoms with Gasteiger partial charge >= 0.3 is 5.97 Å². The molecule has 0 amide bonds. The number of carboxylic acid groups (broad SMARTS) is 1. The molecule has 3 N–H and O–H groups in total. The van der Waals surface area contributed by atoms with Crippen LogP contribution in [0.1, 0.15) is 32.6 Å². The van der Waals surface area contributed by atoms with Crippen LogP contribution in [-0.2, 0) is 4.79 Å². The number of rotatable bonds is 5. The molecule has 0 aromatic carbocycles. The minimum absolute atomic E-state index is 0.0411. The fourth-order valence-electron chi connectivity index (χ4n) is 2.53. The molecule has 0 radical (unpaired) electrons. The summed E-state index contributed by atoms with van der Waals surface area (Å²) in [6, 6.07) is 0. The summed E-state index contributed by atoms with van der Waals surface area (Å²) in [6.45, 7) is 5.53. The van der Waals surface area contributed by atoms with Crippen LogP contribution in [-0.4, -0.2) is 33.5 Å². The molecule has 0 heterocycles. The average molecular weight is 228 g/mol. The lowest BCUT2D eigenvalue weighted by atomic mass is 9.83. The first-order chi connectivity index (χ1) is 7.38. The maximum atomic E-state index is 10.5. The predicted molar refractivity (Wildman–Crippen MR) is 59.9 cm³/mol. The standard InChI is InChI=1S/C12H20O4/c1-8(3-4-11(14)15)9-5-6-12(2,16)10(9)7-13/h9-10,13,16H,1,3-7H2,2H3,(H,14,15)/t9-,10-,12+/m0/s1. The summed E-state index contributed by atoms with van der Waals surface area (Å²) in [5.41, 5.74) is -0.0230. The van der Waals surface area contributed by atoms with E-state index in [4.69, 9.17) is 5.11 Å². The van der Waals surface area contributed by atoms with E-state index < -0.39 is 11.6 Å². The lowest BCUT2D eigenvalue weighted by Gasteiger charge is -2.28. The molecule has 0 aromatic heterocycles. The maximum Gasteiger partial charge on any atom is 0.303 e. The Morgan fingerprint density at radius 1 is 1.50 bits per heavy atom. The second-order valence-corrected chi connectivity index (χ2v) is 4.84. The van der Waals surface area contributed by atoms with Crippen molar-refractivity contribution in [2.45, 2.75) is 38.2 Å². The number of aliphatic hydroxyl groups is 2. The van der Waals surface area contributed by atoms with E-state index in [1.165, 1.54) is 0 Å². The van der Waals surface area contributed by atoms with Crippen molar-refractivity contribution in [3.05, 3.63) is 12.2 Å². The second-order valence-electron chi connectivity index (χ2n) is 4.84. The van der Waals surface area contributed by atoms with Gasteiger partial charge in [-0.05, 0) is 32.1 Å². The highest BCUT2D eigenvalue weighted by atomic mass is 16.4. The summed E-state index contributed by atoms with van der Waals surface area (Å²) in [5, 5.41) is 27.9. The van der Waals surface area contributed by atoms with Crippen LogP contribution in [0.2, 0.25) is 0 Å². The molecule has 1 rings (SSSR count). The van der Waals surface area contributed by atoms with E-state index in [0.29, 0.717) is 12.8 Å². The maximum absolute atomic E-state index is 10.5. The molecule has 0 bridgehead atoms. The molecule has 1 saturated carbocycles. The first-order valence-corrected chi connectivity index (χ1v) is 5.61. The van der Waals surface area contributed by atoms with Crippen molar-refractivity contribution in [1.82, 2.24) is 0 Å². The molecule has 0 saturated heterocycles. The van der Waals surface area contributed by atoms with Crippen molar-refractivity contribution in [3.63, 3.8) is 0 Å². The molecule has 4 nitrogen and oxygen atoms in total. The Kier molecular flexibility index (Phi) is 4.10. The van der Waals surface area contributed by atoms with Crippen LogP contribution in [0, 0.1) is 11.8 Å². The average Bonchev–Trinajstić information content (AvgIpc) is 2.49. The third-order valence-electron chi connectivity index (χ3n) is 3.63. The summed E-state index contributed by atoms with van der Waals surface area (Å²) in [4.78, 5) is 10.5. The summed E-state index contributed by atoms with van der Waals surface area (Å²) in [5.74, 6) is -1.01. The third-order valence-corrected chi connectivity index (χ3v) is 3.63. The highest BCUT2D eigenvalue weighted by molar-refractivity contribution is 5.67. The van der Waals surface area contributed by atoms with Gasteiger partial charge in [0.05, 0.1) is 5.60 Å². The van der Waals surface area contributed by atoms with E-state index in [2.05, 4.69) is 6.58 Å². The molecule has 0 aliphatic heterocycles. The van der Waals surface area contributed by atoms with Crippen LogP contribution < -0.4 is 0 Å². The summed E-state index contributed by atoms with van der Waals surface area (Å²) in [7, 11) is 0. The quantitative estimate of drug-likeness (QED) is 0.617. The molecule has 1 aliphatic carbocycles. The van der Waals surface area contributed by atoms with Crippen molar-refractivity contribution < 1.29 is 20.1 Å². The van der Waals surface area contributed by atoms with E-state index >= 15 is 0 Å². The van der Waals surface area contributed by atoms with Crippen LogP contribution in [0.15, 0.2) is 12.2 Å². The Hall–Kier alpha value is -0.870. The summed E-state index contributed by atoms with van der Waals surface area (Å²) in [6.07, 6.45) is 1.90. The monoisotopic (exact) mass is 228 g/mol. The Morgan fingerprint density at radius 3 is 2.62 bits per heavy atom. The molecule has 1 fully saturated rings. The van der Waals surface area contributed by atoms with Crippen LogP contribution in [0.5, 0.6) is 0 Å². The van der Waals surface area contributed by atoms with Crippen LogP contribution in [0.3, 0.4) is 0 Å². The smallest absolute Gasteiger partial charge is 0.303 e. The van der Waals surface area contributed by atoms with E-state index in [1.807, 2.05) is 0 Å². The van der Waals surface area contributed by atoms with Crippen LogP contribution in [0.25, 0.3) is 0 Å². The third kappa shape index (κ3) is 2.83. The molecule has 0 spiro atoms. The largest absolute Gasteiger partial charge is 0.481 e. The molecular weight excluding hydrogens is 208 g/mol. The van der Waals surface area contributed by atoms with Gasteiger partial charge in [0, 0.05) is 18.9 Å². The van der Waals surface area contributed by atoms with Crippen molar-refractivity contribution >= 4 is 5.97 Å². The number of aliphatic carboxylic acids is 1. The van der Waals surface area contributed by atoms with Crippen molar-refractivity contribution in [2.75, 3.05) is 6.61 Å². The Bertz CT molecular complexity index is 283. The van der Waals surface area contributed by atoms with Gasteiger partial charge in [0.1, 0.15) is 0 Å². The first-order valence-electron chi connectivity index (χ1n) is 5.61. The molecule has 92 valence electrons. The lowest BCUT2D eigenvalue weighted by Crippen LogP contribution is -2.34.